The average molecular weight is 457 g/mol. The van der Waals surface area contributed by atoms with Gasteiger partial charge in [-0.15, -0.1) is 0 Å². The highest BCUT2D eigenvalue weighted by atomic mass is 16.6. The Kier molecular flexibility index (Phi) is 7.47. The fraction of sp³-hybridized carbons (Fsp3) is 0.522. The van der Waals surface area contributed by atoms with Crippen LogP contribution in [0, 0.1) is 21.4 Å². The number of likely N-dealkylation sites (tertiary alicyclic amines) is 1. The van der Waals surface area contributed by atoms with Crippen LogP contribution in [0.1, 0.15) is 37.2 Å². The molecule has 2 aromatic rings. The Bertz CT molecular complexity index is 1010. The Hall–Kier alpha value is -3.27. The molecule has 10 heteroatoms. The average Bonchev–Trinajstić information content (AvgIpc) is 3.27. The van der Waals surface area contributed by atoms with Crippen LogP contribution in [0.25, 0.3) is 5.69 Å². The molecule has 0 radical (unpaired) electrons. The van der Waals surface area contributed by atoms with Crippen LogP contribution in [0.4, 0.5) is 5.69 Å². The van der Waals surface area contributed by atoms with E-state index >= 15 is 0 Å². The number of nitro benzene ring substituents is 1. The van der Waals surface area contributed by atoms with Gasteiger partial charge in [-0.3, -0.25) is 19.7 Å². The summed E-state index contributed by atoms with van der Waals surface area (Å²) < 4.78 is 1.45. The summed E-state index contributed by atoms with van der Waals surface area (Å²) in [4.78, 5) is 39.9. The number of rotatable bonds is 8. The first-order valence-electron chi connectivity index (χ1n) is 11.1. The van der Waals surface area contributed by atoms with Crippen LogP contribution in [-0.2, 0) is 4.79 Å². The molecule has 1 aliphatic rings. The van der Waals surface area contributed by atoms with E-state index in [-0.39, 0.29) is 34.5 Å². The number of nitrogens with zero attached hydrogens (tertiary/aromatic N) is 5. The Morgan fingerprint density at radius 1 is 1.24 bits per heavy atom. The SMILES string of the molecule is CN(C)CC(C)(C)CNC(=O)C1CCN(C(=O)c2ccn(-c3cccc([N+](=O)[O-])c3)n2)CC1. The van der Waals surface area contributed by atoms with Gasteiger partial charge in [-0.2, -0.15) is 5.10 Å². The quantitative estimate of drug-likeness (QED) is 0.482. The van der Waals surface area contributed by atoms with E-state index in [4.69, 9.17) is 0 Å². The second-order valence-corrected chi connectivity index (χ2v) is 9.61. The molecule has 1 saturated heterocycles. The van der Waals surface area contributed by atoms with Crippen molar-refractivity contribution in [1.29, 1.82) is 0 Å². The number of benzene rings is 1. The number of aromatic nitrogens is 2. The fourth-order valence-corrected chi connectivity index (χ4v) is 4.22. The molecule has 2 heterocycles. The monoisotopic (exact) mass is 456 g/mol. The number of carbonyl (C=O) groups excluding carboxylic acids is 2. The first kappa shape index (κ1) is 24.4. The summed E-state index contributed by atoms with van der Waals surface area (Å²) in [5, 5.41) is 18.4. The van der Waals surface area contributed by atoms with Gasteiger partial charge in [0.1, 0.15) is 0 Å². The number of hydrogen-bond acceptors (Lipinski definition) is 6. The molecule has 0 spiro atoms. The van der Waals surface area contributed by atoms with E-state index in [0.717, 1.165) is 6.54 Å². The van der Waals surface area contributed by atoms with Crippen molar-refractivity contribution < 1.29 is 14.5 Å². The fourth-order valence-electron chi connectivity index (χ4n) is 4.22. The van der Waals surface area contributed by atoms with Crippen molar-refractivity contribution in [3.05, 3.63) is 52.3 Å². The van der Waals surface area contributed by atoms with E-state index in [9.17, 15) is 19.7 Å². The molecule has 0 unspecified atom stereocenters. The highest BCUT2D eigenvalue weighted by Crippen LogP contribution is 2.21. The smallest absolute Gasteiger partial charge is 0.274 e. The van der Waals surface area contributed by atoms with E-state index in [1.807, 2.05) is 14.1 Å². The van der Waals surface area contributed by atoms with Crippen LogP contribution in [0.3, 0.4) is 0 Å². The van der Waals surface area contributed by atoms with E-state index in [0.29, 0.717) is 38.2 Å². The van der Waals surface area contributed by atoms with E-state index in [2.05, 4.69) is 29.2 Å². The molecule has 33 heavy (non-hydrogen) atoms. The molecule has 3 rings (SSSR count). The molecule has 1 aromatic heterocycles. The molecule has 0 aliphatic carbocycles. The number of nitro groups is 1. The van der Waals surface area contributed by atoms with E-state index in [1.165, 1.54) is 16.8 Å². The van der Waals surface area contributed by atoms with Gasteiger partial charge in [-0.1, -0.05) is 19.9 Å². The van der Waals surface area contributed by atoms with Crippen molar-refractivity contribution in [2.45, 2.75) is 26.7 Å². The highest BCUT2D eigenvalue weighted by Gasteiger charge is 2.30. The molecule has 0 bridgehead atoms. The van der Waals surface area contributed by atoms with Crippen LogP contribution >= 0.6 is 0 Å². The second-order valence-electron chi connectivity index (χ2n) is 9.61. The van der Waals surface area contributed by atoms with Gasteiger partial charge in [0.25, 0.3) is 11.6 Å². The predicted octanol–water partition coefficient (Wildman–Crippen LogP) is 2.34. The molecular weight excluding hydrogens is 424 g/mol. The van der Waals surface area contributed by atoms with Gasteiger partial charge < -0.3 is 15.1 Å². The number of hydrogen-bond donors (Lipinski definition) is 1. The third kappa shape index (κ3) is 6.38. The maximum absolute atomic E-state index is 12.9. The third-order valence-electron chi connectivity index (χ3n) is 5.75. The lowest BCUT2D eigenvalue weighted by molar-refractivity contribution is -0.384. The first-order valence-corrected chi connectivity index (χ1v) is 11.1. The van der Waals surface area contributed by atoms with Crippen molar-refractivity contribution in [1.82, 2.24) is 24.9 Å². The molecule has 0 saturated carbocycles. The minimum absolute atomic E-state index is 0.0200. The topological polar surface area (TPSA) is 114 Å². The van der Waals surface area contributed by atoms with Crippen molar-refractivity contribution in [3.8, 4) is 5.69 Å². The zero-order valence-electron chi connectivity index (χ0n) is 19.7. The molecule has 0 atom stereocenters. The summed E-state index contributed by atoms with van der Waals surface area (Å²) in [5.74, 6) is -0.263. The maximum atomic E-state index is 12.9. The lowest BCUT2D eigenvalue weighted by Crippen LogP contribution is -2.46. The van der Waals surface area contributed by atoms with Crippen molar-refractivity contribution >= 4 is 17.5 Å². The van der Waals surface area contributed by atoms with Crippen LogP contribution < -0.4 is 5.32 Å². The summed E-state index contributed by atoms with van der Waals surface area (Å²) in [7, 11) is 4.03. The normalized spacial score (nSPS) is 15.0. The Morgan fingerprint density at radius 2 is 1.94 bits per heavy atom. The Balaban J connectivity index is 1.54. The number of amides is 2. The van der Waals surface area contributed by atoms with Gasteiger partial charge in [0.05, 0.1) is 10.6 Å². The zero-order chi connectivity index (χ0) is 24.2. The molecule has 10 nitrogen and oxygen atoms in total. The Labute approximate surface area is 193 Å². The third-order valence-corrected chi connectivity index (χ3v) is 5.75. The van der Waals surface area contributed by atoms with Crippen molar-refractivity contribution in [2.75, 3.05) is 40.3 Å². The zero-order valence-corrected chi connectivity index (χ0v) is 19.7. The largest absolute Gasteiger partial charge is 0.355 e. The molecule has 1 N–H and O–H groups in total. The summed E-state index contributed by atoms with van der Waals surface area (Å²) in [6.45, 7) is 6.72. The number of non-ortho nitro benzene ring substituents is 1. The second kappa shape index (κ2) is 10.1. The number of piperidine rings is 1. The van der Waals surface area contributed by atoms with Crippen LogP contribution in [0.5, 0.6) is 0 Å². The van der Waals surface area contributed by atoms with Crippen molar-refractivity contribution in [3.63, 3.8) is 0 Å². The first-order chi connectivity index (χ1) is 15.6. The molecule has 2 amide bonds. The van der Waals surface area contributed by atoms with Gasteiger partial charge >= 0.3 is 0 Å². The van der Waals surface area contributed by atoms with Crippen LogP contribution in [-0.4, -0.2) is 76.6 Å². The molecule has 1 fully saturated rings. The maximum Gasteiger partial charge on any atom is 0.274 e. The van der Waals surface area contributed by atoms with Gasteiger partial charge in [0.15, 0.2) is 5.69 Å². The van der Waals surface area contributed by atoms with Crippen molar-refractivity contribution in [2.24, 2.45) is 11.3 Å². The van der Waals surface area contributed by atoms with Gasteiger partial charge in [-0.25, -0.2) is 4.68 Å². The predicted molar refractivity (Wildman–Crippen MR) is 124 cm³/mol. The van der Waals surface area contributed by atoms with Gasteiger partial charge in [0.2, 0.25) is 5.91 Å². The number of nitrogens with one attached hydrogen (secondary N) is 1. The lowest BCUT2D eigenvalue weighted by Gasteiger charge is -2.32. The van der Waals surface area contributed by atoms with E-state index < -0.39 is 4.92 Å². The highest BCUT2D eigenvalue weighted by molar-refractivity contribution is 5.92. The molecular formula is C23H32N6O4. The van der Waals surface area contributed by atoms with Crippen LogP contribution in [0.15, 0.2) is 36.5 Å². The summed E-state index contributed by atoms with van der Waals surface area (Å²) >= 11 is 0. The van der Waals surface area contributed by atoms with Gasteiger partial charge in [-0.05, 0) is 44.5 Å². The summed E-state index contributed by atoms with van der Waals surface area (Å²) in [5.41, 5.74) is 0.723. The summed E-state index contributed by atoms with van der Waals surface area (Å²) in [6, 6.07) is 7.69. The Morgan fingerprint density at radius 3 is 2.58 bits per heavy atom. The molecule has 1 aliphatic heterocycles. The summed E-state index contributed by atoms with van der Waals surface area (Å²) in [6.07, 6.45) is 2.83. The lowest BCUT2D eigenvalue weighted by atomic mass is 9.91. The molecule has 178 valence electrons. The number of carbonyl (C=O) groups is 2. The standard InChI is InChI=1S/C23H32N6O4/c1-23(2,16-26(3)4)15-24-21(30)17-8-11-27(12-9-17)22(31)20-10-13-28(25-20)18-6-5-7-19(14-18)29(32)33/h5-7,10,13-14,17H,8-9,11-12,15-16H2,1-4H3,(H,24,30). The molecule has 1 aromatic carbocycles. The van der Waals surface area contributed by atoms with Crippen LogP contribution in [0.2, 0.25) is 0 Å². The minimum Gasteiger partial charge on any atom is -0.355 e. The van der Waals surface area contributed by atoms with Gasteiger partial charge in [0, 0.05) is 50.4 Å². The minimum atomic E-state index is -0.470. The van der Waals surface area contributed by atoms with E-state index in [1.54, 1.807) is 29.3 Å².